The standard InChI is InChI=1S/C44H46/c1-23-25(3)29(7)41(30(8)26(23)4)39-21-35-17-13-15-19-37(35)43(33(39)11)44-34(12)40(22-36-18-14-16-20-38(36)44)42-31(9)27(5)24(2)28(6)32(42)10/h13-22H,1-12H3. The van der Waals surface area contributed by atoms with Gasteiger partial charge in [0.15, 0.2) is 0 Å². The second-order valence-electron chi connectivity index (χ2n) is 13.3. The Morgan fingerprint density at radius 2 is 0.545 bits per heavy atom. The van der Waals surface area contributed by atoms with Crippen LogP contribution >= 0.6 is 0 Å². The average molecular weight is 575 g/mol. The number of fused-ring (bicyclic) bond motifs is 2. The van der Waals surface area contributed by atoms with Crippen LogP contribution in [0.15, 0.2) is 60.7 Å². The van der Waals surface area contributed by atoms with Crippen molar-refractivity contribution in [1.29, 1.82) is 0 Å². The molecule has 0 aliphatic rings. The lowest BCUT2D eigenvalue weighted by molar-refractivity contribution is 1.17. The normalized spacial score (nSPS) is 11.6. The summed E-state index contributed by atoms with van der Waals surface area (Å²) < 4.78 is 0. The Labute approximate surface area is 264 Å². The summed E-state index contributed by atoms with van der Waals surface area (Å²) in [6.07, 6.45) is 0. The second kappa shape index (κ2) is 10.8. The maximum Gasteiger partial charge on any atom is -0.00608 e. The molecule has 6 aromatic carbocycles. The van der Waals surface area contributed by atoms with E-state index < -0.39 is 0 Å². The molecule has 0 saturated heterocycles. The van der Waals surface area contributed by atoms with Crippen molar-refractivity contribution >= 4 is 21.5 Å². The molecule has 44 heavy (non-hydrogen) atoms. The maximum absolute atomic E-state index is 2.44. The van der Waals surface area contributed by atoms with Gasteiger partial charge in [0.05, 0.1) is 0 Å². The molecule has 0 heterocycles. The molecule has 6 aromatic rings. The van der Waals surface area contributed by atoms with Gasteiger partial charge in [-0.05, 0) is 217 Å². The van der Waals surface area contributed by atoms with E-state index in [9.17, 15) is 0 Å². The molecular formula is C44H46. The van der Waals surface area contributed by atoms with Gasteiger partial charge in [-0.2, -0.15) is 0 Å². The van der Waals surface area contributed by atoms with E-state index in [-0.39, 0.29) is 0 Å². The molecule has 0 spiro atoms. The Kier molecular flexibility index (Phi) is 7.32. The highest BCUT2D eigenvalue weighted by atomic mass is 14.3. The van der Waals surface area contributed by atoms with Gasteiger partial charge in [0, 0.05) is 0 Å². The number of rotatable bonds is 3. The molecular weight excluding hydrogens is 528 g/mol. The van der Waals surface area contributed by atoms with Crippen molar-refractivity contribution in [3.05, 3.63) is 127 Å². The number of hydrogen-bond acceptors (Lipinski definition) is 0. The third-order valence-electron chi connectivity index (χ3n) is 11.4. The fourth-order valence-corrected chi connectivity index (χ4v) is 7.87. The van der Waals surface area contributed by atoms with Crippen LogP contribution in [0.1, 0.15) is 66.8 Å². The van der Waals surface area contributed by atoms with E-state index in [0.29, 0.717) is 0 Å². The molecule has 0 aliphatic carbocycles. The second-order valence-corrected chi connectivity index (χ2v) is 13.3. The van der Waals surface area contributed by atoms with Crippen molar-refractivity contribution in [2.24, 2.45) is 0 Å². The molecule has 0 heteroatoms. The minimum absolute atomic E-state index is 1.29. The molecule has 0 unspecified atom stereocenters. The van der Waals surface area contributed by atoms with Gasteiger partial charge >= 0.3 is 0 Å². The average Bonchev–Trinajstić information content (AvgIpc) is 3.02. The van der Waals surface area contributed by atoms with Gasteiger partial charge < -0.3 is 0 Å². The van der Waals surface area contributed by atoms with Gasteiger partial charge in [-0.1, -0.05) is 48.5 Å². The van der Waals surface area contributed by atoms with Gasteiger partial charge in [-0.15, -0.1) is 0 Å². The van der Waals surface area contributed by atoms with E-state index in [1.54, 1.807) is 0 Å². The van der Waals surface area contributed by atoms with Gasteiger partial charge in [-0.3, -0.25) is 0 Å². The molecule has 0 saturated carbocycles. The predicted molar refractivity (Wildman–Crippen MR) is 195 cm³/mol. The first-order valence-corrected chi connectivity index (χ1v) is 16.1. The van der Waals surface area contributed by atoms with E-state index >= 15 is 0 Å². The Bertz CT molecular complexity index is 1950. The molecule has 222 valence electrons. The molecule has 0 fully saturated rings. The Hall–Kier alpha value is -4.16. The van der Waals surface area contributed by atoms with Crippen LogP contribution in [0.2, 0.25) is 0 Å². The Balaban J connectivity index is 1.82. The van der Waals surface area contributed by atoms with Crippen LogP contribution in [0, 0.1) is 83.1 Å². The summed E-state index contributed by atoms with van der Waals surface area (Å²) in [6, 6.07) is 22.9. The SMILES string of the molecule is Cc1c(C)c(C)c(-c2cc3ccccc3c(-c3c(C)c(-c4c(C)c(C)c(C)c(C)c4C)cc4ccccc34)c2C)c(C)c1C. The van der Waals surface area contributed by atoms with E-state index in [1.165, 1.54) is 122 Å². The van der Waals surface area contributed by atoms with Crippen molar-refractivity contribution in [3.63, 3.8) is 0 Å². The maximum atomic E-state index is 2.44. The van der Waals surface area contributed by atoms with Crippen LogP contribution in [-0.2, 0) is 0 Å². The molecule has 0 aliphatic heterocycles. The van der Waals surface area contributed by atoms with Gasteiger partial charge in [-0.25, -0.2) is 0 Å². The summed E-state index contributed by atoms with van der Waals surface area (Å²) in [4.78, 5) is 0. The Morgan fingerprint density at radius 3 is 0.864 bits per heavy atom. The molecule has 0 nitrogen and oxygen atoms in total. The van der Waals surface area contributed by atoms with E-state index in [1.807, 2.05) is 0 Å². The zero-order valence-electron chi connectivity index (χ0n) is 28.8. The smallest absolute Gasteiger partial charge is 0.00608 e. The topological polar surface area (TPSA) is 0 Å². The molecule has 0 radical (unpaired) electrons. The first-order valence-electron chi connectivity index (χ1n) is 16.1. The minimum Gasteiger partial charge on any atom is -0.0616 e. The first kappa shape index (κ1) is 29.9. The minimum atomic E-state index is 1.29. The lowest BCUT2D eigenvalue weighted by Gasteiger charge is -2.26. The molecule has 0 atom stereocenters. The molecule has 6 rings (SSSR count). The molecule has 0 N–H and O–H groups in total. The summed E-state index contributed by atoms with van der Waals surface area (Å²) in [7, 11) is 0. The monoisotopic (exact) mass is 574 g/mol. The highest BCUT2D eigenvalue weighted by Crippen LogP contribution is 2.48. The fraction of sp³-hybridized carbons (Fsp3) is 0.273. The third-order valence-corrected chi connectivity index (χ3v) is 11.4. The number of benzene rings is 6. The van der Waals surface area contributed by atoms with E-state index in [4.69, 9.17) is 0 Å². The highest BCUT2D eigenvalue weighted by Gasteiger charge is 2.24. The largest absolute Gasteiger partial charge is 0.0616 e. The quantitative estimate of drug-likeness (QED) is 0.197. The van der Waals surface area contributed by atoms with E-state index in [2.05, 4.69) is 144 Å². The van der Waals surface area contributed by atoms with Gasteiger partial charge in [0.25, 0.3) is 0 Å². The summed E-state index contributed by atoms with van der Waals surface area (Å²) in [6.45, 7) is 27.7. The van der Waals surface area contributed by atoms with Crippen LogP contribution in [0.3, 0.4) is 0 Å². The summed E-state index contributed by atoms with van der Waals surface area (Å²) in [5.74, 6) is 0. The zero-order valence-corrected chi connectivity index (χ0v) is 28.8. The van der Waals surface area contributed by atoms with Crippen LogP contribution in [0.5, 0.6) is 0 Å². The van der Waals surface area contributed by atoms with Gasteiger partial charge in [0.2, 0.25) is 0 Å². The van der Waals surface area contributed by atoms with Crippen molar-refractivity contribution < 1.29 is 0 Å². The van der Waals surface area contributed by atoms with Crippen LogP contribution in [-0.4, -0.2) is 0 Å². The number of hydrogen-bond donors (Lipinski definition) is 0. The van der Waals surface area contributed by atoms with Crippen molar-refractivity contribution in [2.45, 2.75) is 83.1 Å². The third kappa shape index (κ3) is 4.26. The van der Waals surface area contributed by atoms with Crippen LogP contribution in [0.4, 0.5) is 0 Å². The van der Waals surface area contributed by atoms with Crippen molar-refractivity contribution in [2.75, 3.05) is 0 Å². The first-order chi connectivity index (χ1) is 20.9. The Morgan fingerprint density at radius 1 is 0.273 bits per heavy atom. The predicted octanol–water partition coefficient (Wildman–Crippen LogP) is 12.7. The summed E-state index contributed by atoms with van der Waals surface area (Å²) in [5, 5.41) is 5.22. The fourth-order valence-electron chi connectivity index (χ4n) is 7.87. The van der Waals surface area contributed by atoms with Crippen molar-refractivity contribution in [3.8, 4) is 33.4 Å². The summed E-state index contributed by atoms with van der Waals surface area (Å²) in [5.41, 5.74) is 24.9. The van der Waals surface area contributed by atoms with Crippen LogP contribution < -0.4 is 0 Å². The molecule has 0 amide bonds. The van der Waals surface area contributed by atoms with E-state index in [0.717, 1.165) is 0 Å². The molecule has 0 bridgehead atoms. The summed E-state index contributed by atoms with van der Waals surface area (Å²) >= 11 is 0. The van der Waals surface area contributed by atoms with Crippen molar-refractivity contribution in [1.82, 2.24) is 0 Å². The molecule has 0 aromatic heterocycles. The zero-order chi connectivity index (χ0) is 31.8. The lowest BCUT2D eigenvalue weighted by Crippen LogP contribution is -2.03. The van der Waals surface area contributed by atoms with Crippen LogP contribution in [0.25, 0.3) is 54.9 Å². The highest BCUT2D eigenvalue weighted by molar-refractivity contribution is 6.12. The van der Waals surface area contributed by atoms with Gasteiger partial charge in [0.1, 0.15) is 0 Å². The lowest BCUT2D eigenvalue weighted by atomic mass is 9.78.